The first-order valence-corrected chi connectivity index (χ1v) is 4.97. The van der Waals surface area contributed by atoms with Crippen molar-refractivity contribution in [2.45, 2.75) is 33.2 Å². The molecular weight excluding hydrogens is 158 g/mol. The summed E-state index contributed by atoms with van der Waals surface area (Å²) in [4.78, 5) is 2.48. The van der Waals surface area contributed by atoms with Gasteiger partial charge in [0.05, 0.1) is 0 Å². The number of rotatable bonds is 3. The van der Waals surface area contributed by atoms with Crippen LogP contribution in [0.1, 0.15) is 27.2 Å². The van der Waals surface area contributed by atoms with Crippen LogP contribution < -0.4 is 0 Å². The van der Waals surface area contributed by atoms with Crippen LogP contribution in [0.4, 0.5) is 0 Å². The zero-order valence-electron chi connectivity index (χ0n) is 7.73. The second-order valence-corrected chi connectivity index (χ2v) is 4.25. The largest absolute Gasteiger partial charge is 0.300 e. The van der Waals surface area contributed by atoms with Crippen LogP contribution in [0.2, 0.25) is 0 Å². The highest BCUT2D eigenvalue weighted by molar-refractivity contribution is 6.18. The maximum Gasteiger partial charge on any atom is 0.0304 e. The standard InChI is InChI=1S/C9H18ClN/c1-4-9(5-10)6-11(7-9)8(2)3/h8H,4-7H2,1-3H3. The number of hydrogen-bond acceptors (Lipinski definition) is 1. The topological polar surface area (TPSA) is 3.24 Å². The molecule has 1 fully saturated rings. The molecule has 0 aromatic carbocycles. The van der Waals surface area contributed by atoms with Crippen LogP contribution in [-0.4, -0.2) is 29.9 Å². The van der Waals surface area contributed by atoms with Gasteiger partial charge in [-0.3, -0.25) is 4.90 Å². The van der Waals surface area contributed by atoms with Gasteiger partial charge in [0.1, 0.15) is 0 Å². The second kappa shape index (κ2) is 3.32. The maximum atomic E-state index is 5.90. The van der Waals surface area contributed by atoms with E-state index in [0.717, 1.165) is 5.88 Å². The highest BCUT2D eigenvalue weighted by Crippen LogP contribution is 2.35. The van der Waals surface area contributed by atoms with Gasteiger partial charge in [-0.1, -0.05) is 6.92 Å². The van der Waals surface area contributed by atoms with E-state index in [-0.39, 0.29) is 0 Å². The molecule has 1 aliphatic heterocycles. The molecule has 1 heterocycles. The monoisotopic (exact) mass is 175 g/mol. The van der Waals surface area contributed by atoms with Gasteiger partial charge in [0.25, 0.3) is 0 Å². The predicted octanol–water partition coefficient (Wildman–Crippen LogP) is 2.35. The van der Waals surface area contributed by atoms with Crippen LogP contribution in [0.25, 0.3) is 0 Å². The Bertz CT molecular complexity index is 122. The quantitative estimate of drug-likeness (QED) is 0.596. The van der Waals surface area contributed by atoms with Gasteiger partial charge in [-0.05, 0) is 20.3 Å². The summed E-state index contributed by atoms with van der Waals surface area (Å²) in [5.41, 5.74) is 0.450. The molecule has 0 aromatic rings. The van der Waals surface area contributed by atoms with Crippen molar-refractivity contribution >= 4 is 11.6 Å². The van der Waals surface area contributed by atoms with Gasteiger partial charge in [-0.15, -0.1) is 11.6 Å². The highest BCUT2D eigenvalue weighted by atomic mass is 35.5. The lowest BCUT2D eigenvalue weighted by Gasteiger charge is -2.51. The Labute approximate surface area is 74.7 Å². The molecular formula is C9H18ClN. The molecule has 1 aliphatic rings. The molecule has 0 saturated carbocycles. The van der Waals surface area contributed by atoms with Crippen molar-refractivity contribution in [3.63, 3.8) is 0 Å². The van der Waals surface area contributed by atoms with Gasteiger partial charge < -0.3 is 0 Å². The predicted molar refractivity (Wildman–Crippen MR) is 50.2 cm³/mol. The van der Waals surface area contributed by atoms with Gasteiger partial charge in [0, 0.05) is 30.4 Å². The van der Waals surface area contributed by atoms with E-state index in [2.05, 4.69) is 25.7 Å². The van der Waals surface area contributed by atoms with E-state index in [1.165, 1.54) is 19.5 Å². The van der Waals surface area contributed by atoms with Gasteiger partial charge in [-0.25, -0.2) is 0 Å². The Morgan fingerprint density at radius 2 is 2.00 bits per heavy atom. The van der Waals surface area contributed by atoms with Crippen LogP contribution in [0.5, 0.6) is 0 Å². The Morgan fingerprint density at radius 1 is 1.45 bits per heavy atom. The molecule has 0 aromatic heterocycles. The second-order valence-electron chi connectivity index (χ2n) is 3.99. The molecule has 0 bridgehead atoms. The van der Waals surface area contributed by atoms with Gasteiger partial charge >= 0.3 is 0 Å². The Hall–Kier alpha value is 0.250. The normalized spacial score (nSPS) is 23.7. The number of likely N-dealkylation sites (tertiary alicyclic amines) is 1. The molecule has 0 spiro atoms. The molecule has 0 radical (unpaired) electrons. The Balaban J connectivity index is 2.35. The summed E-state index contributed by atoms with van der Waals surface area (Å²) in [6.07, 6.45) is 1.22. The summed E-state index contributed by atoms with van der Waals surface area (Å²) >= 11 is 5.90. The zero-order chi connectivity index (χ0) is 8.48. The number of nitrogens with zero attached hydrogens (tertiary/aromatic N) is 1. The molecule has 0 N–H and O–H groups in total. The summed E-state index contributed by atoms with van der Waals surface area (Å²) in [7, 11) is 0. The summed E-state index contributed by atoms with van der Waals surface area (Å²) in [5.74, 6) is 0.826. The lowest BCUT2D eigenvalue weighted by molar-refractivity contribution is -0.00792. The van der Waals surface area contributed by atoms with Crippen LogP contribution in [0.15, 0.2) is 0 Å². The molecule has 1 rings (SSSR count). The summed E-state index contributed by atoms with van der Waals surface area (Å²) in [6, 6.07) is 0.692. The van der Waals surface area contributed by atoms with E-state index in [9.17, 15) is 0 Å². The van der Waals surface area contributed by atoms with E-state index in [1.807, 2.05) is 0 Å². The average molecular weight is 176 g/mol. The molecule has 0 aliphatic carbocycles. The van der Waals surface area contributed by atoms with E-state index in [0.29, 0.717) is 11.5 Å². The minimum atomic E-state index is 0.450. The molecule has 11 heavy (non-hydrogen) atoms. The SMILES string of the molecule is CCC1(CCl)CN(C(C)C)C1. The fraction of sp³-hybridized carbons (Fsp3) is 1.00. The molecule has 0 unspecified atom stereocenters. The van der Waals surface area contributed by atoms with Crippen molar-refractivity contribution in [2.24, 2.45) is 5.41 Å². The van der Waals surface area contributed by atoms with E-state index >= 15 is 0 Å². The van der Waals surface area contributed by atoms with Crippen LogP contribution in [0, 0.1) is 5.41 Å². The van der Waals surface area contributed by atoms with Crippen LogP contribution in [-0.2, 0) is 0 Å². The van der Waals surface area contributed by atoms with Crippen molar-refractivity contribution in [1.29, 1.82) is 0 Å². The van der Waals surface area contributed by atoms with Crippen molar-refractivity contribution < 1.29 is 0 Å². The van der Waals surface area contributed by atoms with E-state index in [1.54, 1.807) is 0 Å². The lowest BCUT2D eigenvalue weighted by Crippen LogP contribution is -2.59. The first kappa shape index (κ1) is 9.34. The summed E-state index contributed by atoms with van der Waals surface area (Å²) in [6.45, 7) is 9.12. The molecule has 66 valence electrons. The maximum absolute atomic E-state index is 5.90. The number of alkyl halides is 1. The minimum Gasteiger partial charge on any atom is -0.300 e. The smallest absolute Gasteiger partial charge is 0.0304 e. The number of hydrogen-bond donors (Lipinski definition) is 0. The first-order chi connectivity index (χ1) is 5.13. The van der Waals surface area contributed by atoms with Gasteiger partial charge in [-0.2, -0.15) is 0 Å². The third-order valence-electron chi connectivity index (χ3n) is 2.84. The van der Waals surface area contributed by atoms with Crippen molar-refractivity contribution in [2.75, 3.05) is 19.0 Å². The highest BCUT2D eigenvalue weighted by Gasteiger charge is 2.41. The zero-order valence-corrected chi connectivity index (χ0v) is 8.49. The Kier molecular flexibility index (Phi) is 2.82. The van der Waals surface area contributed by atoms with E-state index in [4.69, 9.17) is 11.6 Å². The molecule has 0 atom stereocenters. The number of halogens is 1. The first-order valence-electron chi connectivity index (χ1n) is 4.43. The lowest BCUT2D eigenvalue weighted by atomic mass is 9.78. The third kappa shape index (κ3) is 1.70. The molecule has 1 saturated heterocycles. The Morgan fingerprint density at radius 3 is 2.27 bits per heavy atom. The fourth-order valence-corrected chi connectivity index (χ4v) is 1.94. The average Bonchev–Trinajstić information content (AvgIpc) is 1.87. The van der Waals surface area contributed by atoms with Crippen molar-refractivity contribution in [3.05, 3.63) is 0 Å². The molecule has 1 nitrogen and oxygen atoms in total. The van der Waals surface area contributed by atoms with Crippen LogP contribution in [0.3, 0.4) is 0 Å². The fourth-order valence-electron chi connectivity index (χ4n) is 1.58. The van der Waals surface area contributed by atoms with Crippen LogP contribution >= 0.6 is 11.6 Å². The minimum absolute atomic E-state index is 0.450. The summed E-state index contributed by atoms with van der Waals surface area (Å²) in [5, 5.41) is 0. The van der Waals surface area contributed by atoms with Crippen molar-refractivity contribution in [1.82, 2.24) is 4.90 Å². The van der Waals surface area contributed by atoms with Crippen molar-refractivity contribution in [3.8, 4) is 0 Å². The third-order valence-corrected chi connectivity index (χ3v) is 3.41. The van der Waals surface area contributed by atoms with Gasteiger partial charge in [0.15, 0.2) is 0 Å². The van der Waals surface area contributed by atoms with Gasteiger partial charge in [0.2, 0.25) is 0 Å². The molecule has 2 heteroatoms. The van der Waals surface area contributed by atoms with E-state index < -0.39 is 0 Å². The molecule has 0 amide bonds. The summed E-state index contributed by atoms with van der Waals surface area (Å²) < 4.78 is 0.